The maximum absolute atomic E-state index is 11.9. The molecule has 5 heteroatoms. The number of aryl methyl sites for hydroxylation is 3. The molecule has 0 radical (unpaired) electrons. The molecule has 2 aromatic rings. The average molecular weight is 299 g/mol. The second-order valence-corrected chi connectivity index (χ2v) is 5.70. The molecule has 1 aromatic heterocycles. The Morgan fingerprint density at radius 1 is 1.45 bits per heavy atom. The Labute approximate surface area is 130 Å². The second kappa shape index (κ2) is 6.64. The standard InChI is InChI=1S/C17H21N3O2/c1-13-10-19-20(12-13)7-6-17(21)18-11-14-4-5-16-15(9-14)3-2-8-22-16/h4-5,9-10,12H,2-3,6-8,11H2,1H3,(H,18,21). The molecular weight excluding hydrogens is 278 g/mol. The van der Waals surface area contributed by atoms with Crippen molar-refractivity contribution in [3.05, 3.63) is 47.3 Å². The Morgan fingerprint density at radius 2 is 2.36 bits per heavy atom. The van der Waals surface area contributed by atoms with Crippen molar-refractivity contribution in [1.29, 1.82) is 0 Å². The Bertz CT molecular complexity index is 664. The molecule has 3 rings (SSSR count). The number of aromatic nitrogens is 2. The minimum atomic E-state index is 0.0436. The lowest BCUT2D eigenvalue weighted by Crippen LogP contribution is -2.24. The number of hydrogen-bond donors (Lipinski definition) is 1. The van der Waals surface area contributed by atoms with Gasteiger partial charge in [-0.2, -0.15) is 5.10 Å². The van der Waals surface area contributed by atoms with Crippen LogP contribution >= 0.6 is 0 Å². The number of benzene rings is 1. The van der Waals surface area contributed by atoms with E-state index in [9.17, 15) is 4.79 Å². The van der Waals surface area contributed by atoms with E-state index in [0.29, 0.717) is 19.5 Å². The summed E-state index contributed by atoms with van der Waals surface area (Å²) in [6.45, 7) is 3.96. The summed E-state index contributed by atoms with van der Waals surface area (Å²) in [6.07, 6.45) is 6.29. The van der Waals surface area contributed by atoms with E-state index in [-0.39, 0.29) is 5.91 Å². The van der Waals surface area contributed by atoms with Crippen LogP contribution in [0.2, 0.25) is 0 Å². The van der Waals surface area contributed by atoms with E-state index in [1.807, 2.05) is 25.3 Å². The zero-order chi connectivity index (χ0) is 15.4. The maximum atomic E-state index is 11.9. The van der Waals surface area contributed by atoms with Gasteiger partial charge >= 0.3 is 0 Å². The summed E-state index contributed by atoms with van der Waals surface area (Å²) in [5.41, 5.74) is 3.47. The highest BCUT2D eigenvalue weighted by molar-refractivity contribution is 5.75. The molecule has 116 valence electrons. The van der Waals surface area contributed by atoms with Crippen molar-refractivity contribution in [2.45, 2.75) is 39.3 Å². The Kier molecular flexibility index (Phi) is 4.42. The summed E-state index contributed by atoms with van der Waals surface area (Å²) in [7, 11) is 0. The van der Waals surface area contributed by atoms with Gasteiger partial charge in [0.25, 0.3) is 0 Å². The molecule has 22 heavy (non-hydrogen) atoms. The van der Waals surface area contributed by atoms with Gasteiger partial charge in [-0.25, -0.2) is 0 Å². The monoisotopic (exact) mass is 299 g/mol. The topological polar surface area (TPSA) is 56.2 Å². The van der Waals surface area contributed by atoms with Gasteiger partial charge in [-0.3, -0.25) is 9.48 Å². The van der Waals surface area contributed by atoms with E-state index >= 15 is 0 Å². The van der Waals surface area contributed by atoms with Gasteiger partial charge < -0.3 is 10.1 Å². The molecule has 2 heterocycles. The van der Waals surface area contributed by atoms with E-state index < -0.39 is 0 Å². The minimum Gasteiger partial charge on any atom is -0.493 e. The number of rotatable bonds is 5. The van der Waals surface area contributed by atoms with Crippen LogP contribution in [0.15, 0.2) is 30.6 Å². The quantitative estimate of drug-likeness (QED) is 0.921. The SMILES string of the molecule is Cc1cnn(CCC(=O)NCc2ccc3c(c2)CCCO3)c1. The number of nitrogens with zero attached hydrogens (tertiary/aromatic N) is 2. The van der Waals surface area contributed by atoms with Crippen LogP contribution in [0, 0.1) is 6.92 Å². The number of nitrogens with one attached hydrogen (secondary N) is 1. The molecule has 1 aromatic carbocycles. The van der Waals surface area contributed by atoms with E-state index in [4.69, 9.17) is 4.74 Å². The molecule has 0 spiro atoms. The Balaban J connectivity index is 1.48. The normalized spacial score (nSPS) is 13.3. The van der Waals surface area contributed by atoms with Gasteiger partial charge in [-0.15, -0.1) is 0 Å². The van der Waals surface area contributed by atoms with Gasteiger partial charge in [0.05, 0.1) is 12.8 Å². The molecule has 0 bridgehead atoms. The molecule has 1 aliphatic heterocycles. The molecular formula is C17H21N3O2. The van der Waals surface area contributed by atoms with E-state index in [0.717, 1.165) is 36.3 Å². The molecule has 1 amide bonds. The van der Waals surface area contributed by atoms with Crippen molar-refractivity contribution in [1.82, 2.24) is 15.1 Å². The highest BCUT2D eigenvalue weighted by atomic mass is 16.5. The lowest BCUT2D eigenvalue weighted by Gasteiger charge is -2.18. The van der Waals surface area contributed by atoms with Crippen LogP contribution in [0.25, 0.3) is 0 Å². The number of fused-ring (bicyclic) bond motifs is 1. The summed E-state index contributed by atoms with van der Waals surface area (Å²) in [5, 5.41) is 7.14. The molecule has 0 saturated heterocycles. The van der Waals surface area contributed by atoms with Crippen molar-refractivity contribution in [2.24, 2.45) is 0 Å². The molecule has 0 atom stereocenters. The summed E-state index contributed by atoms with van der Waals surface area (Å²) in [4.78, 5) is 11.9. The zero-order valence-corrected chi connectivity index (χ0v) is 12.8. The summed E-state index contributed by atoms with van der Waals surface area (Å²) in [5.74, 6) is 1.03. The summed E-state index contributed by atoms with van der Waals surface area (Å²) in [6, 6.07) is 6.15. The van der Waals surface area contributed by atoms with Crippen LogP contribution in [0.1, 0.15) is 29.5 Å². The predicted molar refractivity (Wildman–Crippen MR) is 83.7 cm³/mol. The van der Waals surface area contributed by atoms with Gasteiger partial charge in [0.2, 0.25) is 5.91 Å². The first kappa shape index (κ1) is 14.6. The third-order valence-corrected chi connectivity index (χ3v) is 3.79. The number of hydrogen-bond acceptors (Lipinski definition) is 3. The van der Waals surface area contributed by atoms with Crippen molar-refractivity contribution in [2.75, 3.05) is 6.61 Å². The third kappa shape index (κ3) is 3.67. The van der Waals surface area contributed by atoms with Gasteiger partial charge in [0, 0.05) is 25.7 Å². The number of carbonyl (C=O) groups is 1. The second-order valence-electron chi connectivity index (χ2n) is 5.70. The lowest BCUT2D eigenvalue weighted by molar-refractivity contribution is -0.121. The van der Waals surface area contributed by atoms with E-state index in [2.05, 4.69) is 16.5 Å². The van der Waals surface area contributed by atoms with Gasteiger partial charge in [-0.1, -0.05) is 12.1 Å². The summed E-state index contributed by atoms with van der Waals surface area (Å²) < 4.78 is 7.39. The molecule has 0 saturated carbocycles. The largest absolute Gasteiger partial charge is 0.493 e. The Morgan fingerprint density at radius 3 is 3.18 bits per heavy atom. The van der Waals surface area contributed by atoms with Gasteiger partial charge in [-0.05, 0) is 42.5 Å². The summed E-state index contributed by atoms with van der Waals surface area (Å²) >= 11 is 0. The fourth-order valence-electron chi connectivity index (χ4n) is 2.62. The first-order chi connectivity index (χ1) is 10.7. The van der Waals surface area contributed by atoms with Gasteiger partial charge in [0.15, 0.2) is 0 Å². The van der Waals surface area contributed by atoms with Crippen molar-refractivity contribution >= 4 is 5.91 Å². The first-order valence-corrected chi connectivity index (χ1v) is 7.71. The molecule has 0 fully saturated rings. The Hall–Kier alpha value is -2.30. The molecule has 1 aliphatic rings. The van der Waals surface area contributed by atoms with E-state index in [1.54, 1.807) is 10.9 Å². The van der Waals surface area contributed by atoms with Crippen LogP contribution in [0.4, 0.5) is 0 Å². The fraction of sp³-hybridized carbons (Fsp3) is 0.412. The highest BCUT2D eigenvalue weighted by Gasteiger charge is 2.11. The smallest absolute Gasteiger partial charge is 0.222 e. The molecule has 5 nitrogen and oxygen atoms in total. The van der Waals surface area contributed by atoms with Crippen molar-refractivity contribution in [3.63, 3.8) is 0 Å². The first-order valence-electron chi connectivity index (χ1n) is 7.71. The van der Waals surface area contributed by atoms with Gasteiger partial charge in [0.1, 0.15) is 5.75 Å². The predicted octanol–water partition coefficient (Wildman–Crippen LogP) is 2.22. The third-order valence-electron chi connectivity index (χ3n) is 3.79. The maximum Gasteiger partial charge on any atom is 0.222 e. The number of carbonyl (C=O) groups excluding carboxylic acids is 1. The molecule has 0 unspecified atom stereocenters. The van der Waals surface area contributed by atoms with Crippen molar-refractivity contribution in [3.8, 4) is 5.75 Å². The van der Waals surface area contributed by atoms with Crippen LogP contribution in [-0.4, -0.2) is 22.3 Å². The van der Waals surface area contributed by atoms with Crippen molar-refractivity contribution < 1.29 is 9.53 Å². The number of ether oxygens (including phenoxy) is 1. The van der Waals surface area contributed by atoms with Crippen LogP contribution < -0.4 is 10.1 Å². The molecule has 0 aliphatic carbocycles. The van der Waals surface area contributed by atoms with Crippen LogP contribution in [-0.2, 0) is 24.3 Å². The lowest BCUT2D eigenvalue weighted by atomic mass is 10.0. The fourth-order valence-corrected chi connectivity index (χ4v) is 2.62. The van der Waals surface area contributed by atoms with E-state index in [1.165, 1.54) is 5.56 Å². The highest BCUT2D eigenvalue weighted by Crippen LogP contribution is 2.25. The zero-order valence-electron chi connectivity index (χ0n) is 12.8. The minimum absolute atomic E-state index is 0.0436. The molecule has 1 N–H and O–H groups in total. The average Bonchev–Trinajstić information content (AvgIpc) is 2.96. The van der Waals surface area contributed by atoms with Crippen LogP contribution in [0.3, 0.4) is 0 Å². The van der Waals surface area contributed by atoms with Crippen LogP contribution in [0.5, 0.6) is 5.75 Å². The number of amides is 1.